The van der Waals surface area contributed by atoms with E-state index in [1.165, 1.54) is 289 Å². The number of esters is 4. The second-order valence-electron chi connectivity index (χ2n) is 32.4. The fourth-order valence-electron chi connectivity index (χ4n) is 13.7. The van der Waals surface area contributed by atoms with Crippen molar-refractivity contribution < 1.29 is 80.2 Å². The highest BCUT2D eigenvalue weighted by Gasteiger charge is 2.31. The van der Waals surface area contributed by atoms with Gasteiger partial charge in [-0.1, -0.05) is 420 Å². The van der Waals surface area contributed by atoms with Gasteiger partial charge in [0.15, 0.2) is 12.2 Å². The number of phosphoric acid groups is 2. The molecule has 0 rings (SSSR count). The SMILES string of the molecule is CCCCCCCCCCCCCCCCCCCCCCCC(=O)O[C@H](COC(=O)CCCCCCCCCCCCCCCCCCCC)COP(=O)(O)OC[C@@H](O)COP(=O)(O)OC[C@@H](COC(=O)CCCCCCCCCCC(C)CC)OC(=O)CCCCCCCCCCCCCCCC(C)C. The van der Waals surface area contributed by atoms with Crippen molar-refractivity contribution in [3.63, 3.8) is 0 Å². The minimum Gasteiger partial charge on any atom is -0.462 e. The van der Waals surface area contributed by atoms with Crippen LogP contribution in [0.1, 0.15) is 472 Å². The molecule has 19 heteroatoms. The normalized spacial score (nSPS) is 14.0. The summed E-state index contributed by atoms with van der Waals surface area (Å²) in [5, 5.41) is 10.7. The third-order valence-corrected chi connectivity index (χ3v) is 23.0. The van der Waals surface area contributed by atoms with E-state index in [1.54, 1.807) is 0 Å². The second kappa shape index (κ2) is 79.3. The lowest BCUT2D eigenvalue weighted by Crippen LogP contribution is -2.30. The van der Waals surface area contributed by atoms with Gasteiger partial charge in [0.2, 0.25) is 0 Å². The maximum Gasteiger partial charge on any atom is 0.472 e. The van der Waals surface area contributed by atoms with Crippen LogP contribution in [0.15, 0.2) is 0 Å². The molecule has 636 valence electrons. The summed E-state index contributed by atoms with van der Waals surface area (Å²) in [7, 11) is -9.93. The molecular formula is C88H172O17P2. The summed E-state index contributed by atoms with van der Waals surface area (Å²) < 4.78 is 69.0. The summed E-state index contributed by atoms with van der Waals surface area (Å²) in [6.45, 7) is 9.70. The topological polar surface area (TPSA) is 237 Å². The summed E-state index contributed by atoms with van der Waals surface area (Å²) in [5.74, 6) is -0.536. The van der Waals surface area contributed by atoms with Gasteiger partial charge in [0, 0.05) is 25.7 Å². The van der Waals surface area contributed by atoms with E-state index >= 15 is 0 Å². The van der Waals surface area contributed by atoms with E-state index in [0.717, 1.165) is 102 Å². The minimum absolute atomic E-state index is 0.107. The van der Waals surface area contributed by atoms with Gasteiger partial charge in [0.1, 0.15) is 19.3 Å². The maximum atomic E-state index is 13.2. The molecule has 17 nitrogen and oxygen atoms in total. The molecule has 107 heavy (non-hydrogen) atoms. The van der Waals surface area contributed by atoms with Gasteiger partial charge in [-0.3, -0.25) is 37.3 Å². The summed E-state index contributed by atoms with van der Waals surface area (Å²) >= 11 is 0. The number of aliphatic hydroxyl groups is 1. The Hall–Kier alpha value is -1.94. The summed E-state index contributed by atoms with van der Waals surface area (Å²) in [4.78, 5) is 73.3. The Balaban J connectivity index is 5.25. The monoisotopic (exact) mass is 1560 g/mol. The number of hydrogen-bond acceptors (Lipinski definition) is 15. The van der Waals surface area contributed by atoms with E-state index in [0.29, 0.717) is 25.7 Å². The third-order valence-electron chi connectivity index (χ3n) is 21.1. The van der Waals surface area contributed by atoms with E-state index in [4.69, 9.17) is 37.0 Å². The number of hydrogen-bond donors (Lipinski definition) is 3. The molecule has 0 fully saturated rings. The molecule has 0 aliphatic heterocycles. The Kier molecular flexibility index (Phi) is 77.9. The average molecular weight is 1560 g/mol. The van der Waals surface area contributed by atoms with Gasteiger partial charge in [0.25, 0.3) is 0 Å². The molecule has 6 atom stereocenters. The first-order valence-corrected chi connectivity index (χ1v) is 48.5. The van der Waals surface area contributed by atoms with E-state index in [1.807, 2.05) is 0 Å². The van der Waals surface area contributed by atoms with Crippen molar-refractivity contribution in [2.75, 3.05) is 39.6 Å². The van der Waals surface area contributed by atoms with Crippen LogP contribution in [0.25, 0.3) is 0 Å². The Bertz CT molecular complexity index is 2050. The molecule has 0 aliphatic rings. The van der Waals surface area contributed by atoms with Crippen molar-refractivity contribution >= 4 is 39.5 Å². The smallest absolute Gasteiger partial charge is 0.462 e. The standard InChI is InChI=1S/C88H172O17P2/c1-7-10-12-14-16-18-20-22-24-26-28-29-30-32-34-38-42-46-54-60-66-72-87(92)104-83(76-98-85(90)70-64-58-52-45-41-37-33-31-27-25-23-21-19-17-15-13-11-8-2)78-102-106(94,95)100-74-82(89)75-101-107(96,97)103-79-84(77-99-86(91)71-65-59-53-49-48-51-57-63-69-81(6)9-3)105-88(93)73-67-61-55-47-43-39-35-36-40-44-50-56-62-68-80(4)5/h80-84,89H,7-79H2,1-6H3,(H,94,95)(H,96,97)/t81?,82-,83-,84-/m1/s1. The maximum absolute atomic E-state index is 13.2. The fraction of sp³-hybridized carbons (Fsp3) is 0.955. The summed E-state index contributed by atoms with van der Waals surface area (Å²) in [6.07, 6.45) is 72.2. The zero-order valence-electron chi connectivity index (χ0n) is 70.5. The molecule has 3 N–H and O–H groups in total. The highest BCUT2D eigenvalue weighted by atomic mass is 31.2. The zero-order valence-corrected chi connectivity index (χ0v) is 72.2. The van der Waals surface area contributed by atoms with Crippen LogP contribution in [-0.2, 0) is 65.4 Å². The predicted octanol–water partition coefficient (Wildman–Crippen LogP) is 27.0. The van der Waals surface area contributed by atoms with E-state index in [9.17, 15) is 43.2 Å². The molecule has 0 bridgehead atoms. The molecule has 0 aromatic heterocycles. The van der Waals surface area contributed by atoms with E-state index in [2.05, 4.69) is 41.5 Å². The van der Waals surface area contributed by atoms with Crippen molar-refractivity contribution in [2.45, 2.75) is 490 Å². The highest BCUT2D eigenvalue weighted by Crippen LogP contribution is 2.45. The number of phosphoric ester groups is 2. The van der Waals surface area contributed by atoms with Crippen molar-refractivity contribution in [3.05, 3.63) is 0 Å². The molecule has 0 saturated heterocycles. The lowest BCUT2D eigenvalue weighted by atomic mass is 9.99. The van der Waals surface area contributed by atoms with Crippen LogP contribution < -0.4 is 0 Å². The summed E-state index contributed by atoms with van der Waals surface area (Å²) in [6, 6.07) is 0. The fourth-order valence-corrected chi connectivity index (χ4v) is 15.3. The van der Waals surface area contributed by atoms with Crippen molar-refractivity contribution in [3.8, 4) is 0 Å². The second-order valence-corrected chi connectivity index (χ2v) is 35.3. The lowest BCUT2D eigenvalue weighted by Gasteiger charge is -2.21. The molecule has 0 spiro atoms. The number of rotatable bonds is 87. The molecule has 0 aromatic carbocycles. The highest BCUT2D eigenvalue weighted by molar-refractivity contribution is 7.47. The van der Waals surface area contributed by atoms with Crippen LogP contribution in [0, 0.1) is 11.8 Å². The first-order chi connectivity index (χ1) is 51.9. The number of ether oxygens (including phenoxy) is 4. The number of unbranched alkanes of at least 4 members (excludes halogenated alkanes) is 56. The van der Waals surface area contributed by atoms with Crippen molar-refractivity contribution in [2.24, 2.45) is 11.8 Å². The first kappa shape index (κ1) is 105. The van der Waals surface area contributed by atoms with Gasteiger partial charge in [-0.05, 0) is 37.5 Å². The molecule has 0 radical (unpaired) electrons. The molecule has 0 aliphatic carbocycles. The van der Waals surface area contributed by atoms with Gasteiger partial charge in [-0.15, -0.1) is 0 Å². The minimum atomic E-state index is -4.97. The largest absolute Gasteiger partial charge is 0.472 e. The van der Waals surface area contributed by atoms with Gasteiger partial charge in [-0.2, -0.15) is 0 Å². The van der Waals surface area contributed by atoms with Gasteiger partial charge < -0.3 is 33.8 Å². The number of carbonyl (C=O) groups excluding carboxylic acids is 4. The van der Waals surface area contributed by atoms with Crippen LogP contribution >= 0.6 is 15.6 Å². The molecular weight excluding hydrogens is 1390 g/mol. The molecule has 0 heterocycles. The van der Waals surface area contributed by atoms with Crippen LogP contribution in [0.2, 0.25) is 0 Å². The Labute approximate surface area is 658 Å². The molecule has 0 saturated carbocycles. The molecule has 0 amide bonds. The summed E-state index contributed by atoms with van der Waals surface area (Å²) in [5.41, 5.74) is 0. The van der Waals surface area contributed by atoms with E-state index < -0.39 is 97.5 Å². The number of carbonyl (C=O) groups is 4. The van der Waals surface area contributed by atoms with Crippen molar-refractivity contribution in [1.82, 2.24) is 0 Å². The lowest BCUT2D eigenvalue weighted by molar-refractivity contribution is -0.161. The van der Waals surface area contributed by atoms with Gasteiger partial charge >= 0.3 is 39.5 Å². The predicted molar refractivity (Wildman–Crippen MR) is 442 cm³/mol. The van der Waals surface area contributed by atoms with Crippen molar-refractivity contribution in [1.29, 1.82) is 0 Å². The first-order valence-electron chi connectivity index (χ1n) is 45.5. The van der Waals surface area contributed by atoms with E-state index in [-0.39, 0.29) is 25.7 Å². The molecule has 0 aromatic rings. The number of aliphatic hydroxyl groups excluding tert-OH is 1. The molecule has 3 unspecified atom stereocenters. The quantitative estimate of drug-likeness (QED) is 0.0222. The van der Waals surface area contributed by atoms with Gasteiger partial charge in [-0.25, -0.2) is 9.13 Å². The van der Waals surface area contributed by atoms with Crippen LogP contribution in [-0.4, -0.2) is 96.7 Å². The third kappa shape index (κ3) is 80.5. The average Bonchev–Trinajstić information content (AvgIpc) is 1.01. The zero-order chi connectivity index (χ0) is 78.5. The Morgan fingerprint density at radius 1 is 0.271 bits per heavy atom. The Morgan fingerprint density at radius 2 is 0.477 bits per heavy atom. The van der Waals surface area contributed by atoms with Crippen LogP contribution in [0.5, 0.6) is 0 Å². The van der Waals surface area contributed by atoms with Crippen LogP contribution in [0.3, 0.4) is 0 Å². The van der Waals surface area contributed by atoms with Crippen LogP contribution in [0.4, 0.5) is 0 Å². The van der Waals surface area contributed by atoms with Gasteiger partial charge in [0.05, 0.1) is 26.4 Å². The Morgan fingerprint density at radius 3 is 0.710 bits per heavy atom.